The lowest BCUT2D eigenvalue weighted by atomic mass is 10.2. The van der Waals surface area contributed by atoms with E-state index in [0.717, 1.165) is 51.5 Å². The van der Waals surface area contributed by atoms with Crippen molar-refractivity contribution in [2.24, 2.45) is 0 Å². The van der Waals surface area contributed by atoms with Crippen molar-refractivity contribution in [1.29, 1.82) is 0 Å². The van der Waals surface area contributed by atoms with Gasteiger partial charge in [-0.1, -0.05) is 25.5 Å². The Morgan fingerprint density at radius 2 is 1.89 bits per heavy atom. The molecule has 0 atom stereocenters. The number of hydrogen-bond acceptors (Lipinski definition) is 2. The predicted octanol–water partition coefficient (Wildman–Crippen LogP) is 2.29. The minimum absolute atomic E-state index is 0.823. The highest BCUT2D eigenvalue weighted by Crippen LogP contribution is 2.14. The van der Waals surface area contributed by atoms with Gasteiger partial charge in [-0.15, -0.1) is 0 Å². The van der Waals surface area contributed by atoms with Crippen molar-refractivity contribution in [3.63, 3.8) is 0 Å². The fourth-order valence-corrected chi connectivity index (χ4v) is 2.09. The number of ether oxygens (including phenoxy) is 1. The highest BCUT2D eigenvalue weighted by molar-refractivity contribution is 5.27. The van der Waals surface area contributed by atoms with E-state index in [9.17, 15) is 0 Å². The molecule has 0 bridgehead atoms. The largest absolute Gasteiger partial charge is 0.494 e. The molecule has 1 heterocycles. The third kappa shape index (κ3) is 4.31. The number of benzene rings is 1. The van der Waals surface area contributed by atoms with E-state index >= 15 is 0 Å². The SMILES string of the molecule is CCCCOc1ccc(CN2CC[N]CC2)cc1. The molecule has 1 saturated heterocycles. The first kappa shape index (κ1) is 13.4. The fourth-order valence-electron chi connectivity index (χ4n) is 2.09. The lowest BCUT2D eigenvalue weighted by Crippen LogP contribution is -2.39. The Kier molecular flexibility index (Phi) is 5.49. The topological polar surface area (TPSA) is 26.6 Å². The molecule has 1 fully saturated rings. The van der Waals surface area contributed by atoms with Crippen molar-refractivity contribution in [2.75, 3.05) is 32.8 Å². The molecule has 1 aromatic rings. The van der Waals surface area contributed by atoms with Gasteiger partial charge in [0.15, 0.2) is 0 Å². The molecule has 0 aliphatic carbocycles. The second-order valence-corrected chi connectivity index (χ2v) is 4.79. The standard InChI is InChI=1S/C15H23N2O/c1-2-3-12-18-15-6-4-14(5-7-15)13-17-10-8-16-9-11-17/h4-7H,2-3,8-13H2,1H3. The van der Waals surface area contributed by atoms with Gasteiger partial charge >= 0.3 is 0 Å². The van der Waals surface area contributed by atoms with Gasteiger partial charge in [0.05, 0.1) is 6.61 Å². The second kappa shape index (κ2) is 7.39. The second-order valence-electron chi connectivity index (χ2n) is 4.79. The Morgan fingerprint density at radius 3 is 2.56 bits per heavy atom. The highest BCUT2D eigenvalue weighted by Gasteiger charge is 2.10. The summed E-state index contributed by atoms with van der Waals surface area (Å²) in [5.41, 5.74) is 1.36. The van der Waals surface area contributed by atoms with Gasteiger partial charge in [-0.3, -0.25) is 4.90 Å². The van der Waals surface area contributed by atoms with Crippen LogP contribution in [0.3, 0.4) is 0 Å². The van der Waals surface area contributed by atoms with Crippen molar-refractivity contribution in [3.05, 3.63) is 29.8 Å². The van der Waals surface area contributed by atoms with Crippen LogP contribution < -0.4 is 10.1 Å². The van der Waals surface area contributed by atoms with Crippen LogP contribution in [0.15, 0.2) is 24.3 Å². The van der Waals surface area contributed by atoms with E-state index in [1.54, 1.807) is 0 Å². The summed E-state index contributed by atoms with van der Waals surface area (Å²) in [5.74, 6) is 0.987. The van der Waals surface area contributed by atoms with Crippen molar-refractivity contribution in [3.8, 4) is 5.75 Å². The lowest BCUT2D eigenvalue weighted by molar-refractivity contribution is 0.230. The zero-order chi connectivity index (χ0) is 12.6. The molecule has 1 aliphatic rings. The first-order valence-electron chi connectivity index (χ1n) is 6.96. The molecule has 2 rings (SSSR count). The Labute approximate surface area is 110 Å². The summed E-state index contributed by atoms with van der Waals surface area (Å²) in [7, 11) is 0. The molecule has 0 N–H and O–H groups in total. The smallest absolute Gasteiger partial charge is 0.119 e. The third-order valence-electron chi connectivity index (χ3n) is 3.24. The van der Waals surface area contributed by atoms with Crippen LogP contribution in [0.4, 0.5) is 0 Å². The Bertz CT molecular complexity index is 331. The van der Waals surface area contributed by atoms with Crippen LogP contribution >= 0.6 is 0 Å². The van der Waals surface area contributed by atoms with Crippen LogP contribution in [0.2, 0.25) is 0 Å². The van der Waals surface area contributed by atoms with Crippen LogP contribution in [-0.2, 0) is 6.54 Å². The summed E-state index contributed by atoms with van der Waals surface area (Å²) in [6.07, 6.45) is 2.30. The maximum Gasteiger partial charge on any atom is 0.119 e. The Hall–Kier alpha value is -1.06. The van der Waals surface area contributed by atoms with Crippen molar-refractivity contribution in [2.45, 2.75) is 26.3 Å². The molecular formula is C15H23N2O. The van der Waals surface area contributed by atoms with Crippen molar-refractivity contribution < 1.29 is 4.74 Å². The number of rotatable bonds is 6. The van der Waals surface area contributed by atoms with Crippen molar-refractivity contribution >= 4 is 0 Å². The molecule has 1 aliphatic heterocycles. The van der Waals surface area contributed by atoms with Gasteiger partial charge in [0.1, 0.15) is 5.75 Å². The van der Waals surface area contributed by atoms with Gasteiger partial charge in [0.25, 0.3) is 0 Å². The van der Waals surface area contributed by atoms with E-state index in [0.29, 0.717) is 0 Å². The number of unbranched alkanes of at least 4 members (excludes halogenated alkanes) is 1. The number of piperazine rings is 1. The molecule has 99 valence electrons. The molecule has 1 radical (unpaired) electrons. The average Bonchev–Trinajstić information content (AvgIpc) is 2.42. The normalized spacial score (nSPS) is 16.7. The van der Waals surface area contributed by atoms with E-state index in [2.05, 4.69) is 41.4 Å². The summed E-state index contributed by atoms with van der Waals surface area (Å²) in [6, 6.07) is 8.51. The van der Waals surface area contributed by atoms with E-state index < -0.39 is 0 Å². The molecule has 0 unspecified atom stereocenters. The zero-order valence-corrected chi connectivity index (χ0v) is 11.3. The predicted molar refractivity (Wildman–Crippen MR) is 74.0 cm³/mol. The zero-order valence-electron chi connectivity index (χ0n) is 11.3. The van der Waals surface area contributed by atoms with E-state index in [1.807, 2.05) is 0 Å². The first-order chi connectivity index (χ1) is 8.88. The summed E-state index contributed by atoms with van der Waals surface area (Å²) < 4.78 is 5.66. The van der Waals surface area contributed by atoms with Crippen LogP contribution in [0.25, 0.3) is 0 Å². The van der Waals surface area contributed by atoms with Gasteiger partial charge < -0.3 is 4.74 Å². The average molecular weight is 247 g/mol. The molecule has 18 heavy (non-hydrogen) atoms. The van der Waals surface area contributed by atoms with Gasteiger partial charge in [0, 0.05) is 32.7 Å². The summed E-state index contributed by atoms with van der Waals surface area (Å²) in [4.78, 5) is 2.46. The molecule has 0 aromatic heterocycles. The molecular weight excluding hydrogens is 224 g/mol. The van der Waals surface area contributed by atoms with E-state index in [-0.39, 0.29) is 0 Å². The fraction of sp³-hybridized carbons (Fsp3) is 0.600. The van der Waals surface area contributed by atoms with Crippen molar-refractivity contribution in [1.82, 2.24) is 10.2 Å². The molecule has 0 amide bonds. The Balaban J connectivity index is 1.79. The summed E-state index contributed by atoms with van der Waals surface area (Å²) >= 11 is 0. The van der Waals surface area contributed by atoms with Crippen LogP contribution in [-0.4, -0.2) is 37.7 Å². The maximum atomic E-state index is 5.66. The highest BCUT2D eigenvalue weighted by atomic mass is 16.5. The van der Waals surface area contributed by atoms with Crippen LogP contribution in [0.5, 0.6) is 5.75 Å². The lowest BCUT2D eigenvalue weighted by Gasteiger charge is -2.26. The minimum atomic E-state index is 0.823. The number of hydrogen-bond donors (Lipinski definition) is 0. The van der Waals surface area contributed by atoms with Gasteiger partial charge in [-0.25, -0.2) is 5.32 Å². The first-order valence-corrected chi connectivity index (χ1v) is 6.96. The van der Waals surface area contributed by atoms with E-state index in [4.69, 9.17) is 4.74 Å². The van der Waals surface area contributed by atoms with E-state index in [1.165, 1.54) is 12.0 Å². The molecule has 3 nitrogen and oxygen atoms in total. The third-order valence-corrected chi connectivity index (χ3v) is 3.24. The Morgan fingerprint density at radius 1 is 1.17 bits per heavy atom. The summed E-state index contributed by atoms with van der Waals surface area (Å²) in [6.45, 7) is 8.19. The monoisotopic (exact) mass is 247 g/mol. The molecule has 3 heteroatoms. The maximum absolute atomic E-state index is 5.66. The quantitative estimate of drug-likeness (QED) is 0.721. The molecule has 1 aromatic carbocycles. The van der Waals surface area contributed by atoms with Gasteiger partial charge in [-0.05, 0) is 24.1 Å². The number of nitrogens with zero attached hydrogens (tertiary/aromatic N) is 2. The summed E-state index contributed by atoms with van der Waals surface area (Å²) in [5, 5.41) is 4.36. The molecule has 0 spiro atoms. The van der Waals surface area contributed by atoms with Gasteiger partial charge in [0.2, 0.25) is 0 Å². The van der Waals surface area contributed by atoms with Gasteiger partial charge in [-0.2, -0.15) is 0 Å². The van der Waals surface area contributed by atoms with Crippen LogP contribution in [0, 0.1) is 0 Å². The van der Waals surface area contributed by atoms with Crippen LogP contribution in [0.1, 0.15) is 25.3 Å². The minimum Gasteiger partial charge on any atom is -0.494 e. The molecule has 0 saturated carbocycles.